The van der Waals surface area contributed by atoms with Gasteiger partial charge in [0.15, 0.2) is 0 Å². The Hall–Kier alpha value is -3.33. The van der Waals surface area contributed by atoms with E-state index in [2.05, 4.69) is 23.5 Å². The van der Waals surface area contributed by atoms with E-state index in [0.717, 1.165) is 36.1 Å². The van der Waals surface area contributed by atoms with Gasteiger partial charge in [0.1, 0.15) is 17.4 Å². The van der Waals surface area contributed by atoms with E-state index in [4.69, 9.17) is 0 Å². The molecule has 0 radical (unpaired) electrons. The molecule has 6 heteroatoms. The van der Waals surface area contributed by atoms with Crippen molar-refractivity contribution in [2.45, 2.75) is 51.3 Å². The van der Waals surface area contributed by atoms with Crippen LogP contribution in [0, 0.1) is 23.5 Å². The molecule has 0 aromatic heterocycles. The molecular formula is C28H23F5O. The molecule has 0 amide bonds. The SMILES string of the molecule is CCCc1ccc(C2CCc3c(ccc(C#Cc4ccc(OC(F)(F)F)cc4)c3F)C2)c(F)c1. The molecule has 0 heterocycles. The molecule has 0 spiro atoms. The monoisotopic (exact) mass is 470 g/mol. The maximum absolute atomic E-state index is 15.1. The fourth-order valence-electron chi connectivity index (χ4n) is 4.40. The number of halogens is 5. The Morgan fingerprint density at radius 2 is 1.74 bits per heavy atom. The molecule has 0 aliphatic heterocycles. The summed E-state index contributed by atoms with van der Waals surface area (Å²) in [5.41, 5.74) is 3.77. The average molecular weight is 470 g/mol. The first-order valence-electron chi connectivity index (χ1n) is 11.2. The number of hydrogen-bond acceptors (Lipinski definition) is 1. The lowest BCUT2D eigenvalue weighted by atomic mass is 9.79. The molecule has 1 atom stereocenters. The highest BCUT2D eigenvalue weighted by Gasteiger charge is 2.31. The Balaban J connectivity index is 1.50. The van der Waals surface area contributed by atoms with Crippen molar-refractivity contribution in [3.8, 4) is 17.6 Å². The van der Waals surface area contributed by atoms with Gasteiger partial charge in [0, 0.05) is 5.56 Å². The van der Waals surface area contributed by atoms with E-state index in [0.29, 0.717) is 36.0 Å². The first-order valence-corrected chi connectivity index (χ1v) is 11.2. The van der Waals surface area contributed by atoms with Crippen LogP contribution in [-0.4, -0.2) is 6.36 Å². The second-order valence-electron chi connectivity index (χ2n) is 8.43. The highest BCUT2D eigenvalue weighted by molar-refractivity contribution is 5.49. The Morgan fingerprint density at radius 3 is 2.41 bits per heavy atom. The topological polar surface area (TPSA) is 9.23 Å². The Morgan fingerprint density at radius 1 is 0.971 bits per heavy atom. The summed E-state index contributed by atoms with van der Waals surface area (Å²) in [5.74, 6) is 4.61. The fraction of sp³-hybridized carbons (Fsp3) is 0.286. The average Bonchev–Trinajstić information content (AvgIpc) is 2.79. The lowest BCUT2D eigenvalue weighted by molar-refractivity contribution is -0.274. The molecule has 1 aliphatic rings. The van der Waals surface area contributed by atoms with E-state index < -0.39 is 6.36 Å². The summed E-state index contributed by atoms with van der Waals surface area (Å²) in [7, 11) is 0. The molecule has 3 aromatic rings. The summed E-state index contributed by atoms with van der Waals surface area (Å²) >= 11 is 0. The second kappa shape index (κ2) is 9.89. The van der Waals surface area contributed by atoms with Gasteiger partial charge < -0.3 is 4.74 Å². The van der Waals surface area contributed by atoms with Gasteiger partial charge in [-0.1, -0.05) is 43.4 Å². The minimum atomic E-state index is -4.76. The van der Waals surface area contributed by atoms with Gasteiger partial charge in [-0.2, -0.15) is 0 Å². The zero-order chi connectivity index (χ0) is 24.3. The lowest BCUT2D eigenvalue weighted by Gasteiger charge is -2.26. The quantitative estimate of drug-likeness (QED) is 0.284. The van der Waals surface area contributed by atoms with E-state index in [-0.39, 0.29) is 28.9 Å². The molecule has 4 rings (SSSR count). The van der Waals surface area contributed by atoms with Gasteiger partial charge in [-0.3, -0.25) is 0 Å². The molecule has 176 valence electrons. The highest BCUT2D eigenvalue weighted by atomic mass is 19.4. The van der Waals surface area contributed by atoms with Gasteiger partial charge >= 0.3 is 6.36 Å². The van der Waals surface area contributed by atoms with Crippen molar-refractivity contribution in [2.75, 3.05) is 0 Å². The number of aryl methyl sites for hydroxylation is 1. The zero-order valence-electron chi connectivity index (χ0n) is 18.6. The summed E-state index contributed by atoms with van der Waals surface area (Å²) in [6, 6.07) is 14.0. The Labute approximate surface area is 195 Å². The molecule has 1 aliphatic carbocycles. The van der Waals surface area contributed by atoms with Crippen LogP contribution < -0.4 is 4.74 Å². The van der Waals surface area contributed by atoms with Crippen molar-refractivity contribution >= 4 is 0 Å². The molecule has 0 saturated carbocycles. The van der Waals surface area contributed by atoms with Crippen molar-refractivity contribution in [1.29, 1.82) is 0 Å². The van der Waals surface area contributed by atoms with Crippen LogP contribution >= 0.6 is 0 Å². The minimum Gasteiger partial charge on any atom is -0.406 e. The first-order chi connectivity index (χ1) is 16.2. The Bertz CT molecular complexity index is 1230. The van der Waals surface area contributed by atoms with Crippen LogP contribution in [0.1, 0.15) is 59.1 Å². The van der Waals surface area contributed by atoms with Crippen LogP contribution in [0.3, 0.4) is 0 Å². The van der Waals surface area contributed by atoms with Crippen LogP contribution in [-0.2, 0) is 19.3 Å². The van der Waals surface area contributed by atoms with Crippen molar-refractivity contribution < 1.29 is 26.7 Å². The third-order valence-electron chi connectivity index (χ3n) is 6.02. The minimum absolute atomic E-state index is 0.00283. The van der Waals surface area contributed by atoms with Crippen molar-refractivity contribution in [1.82, 2.24) is 0 Å². The number of alkyl halides is 3. The van der Waals surface area contributed by atoms with Gasteiger partial charge in [0.05, 0.1) is 5.56 Å². The first kappa shape index (κ1) is 23.8. The normalized spacial score (nSPS) is 15.3. The second-order valence-corrected chi connectivity index (χ2v) is 8.43. The van der Waals surface area contributed by atoms with Crippen molar-refractivity contribution in [3.63, 3.8) is 0 Å². The van der Waals surface area contributed by atoms with Crippen LogP contribution in [0.5, 0.6) is 5.75 Å². The highest BCUT2D eigenvalue weighted by Crippen LogP contribution is 2.36. The van der Waals surface area contributed by atoms with Gasteiger partial charge in [0.2, 0.25) is 0 Å². The maximum atomic E-state index is 15.1. The summed E-state index contributed by atoms with van der Waals surface area (Å²) < 4.78 is 70.5. The number of fused-ring (bicyclic) bond motifs is 1. The van der Waals surface area contributed by atoms with Gasteiger partial charge in [0.25, 0.3) is 0 Å². The van der Waals surface area contributed by atoms with Crippen molar-refractivity contribution in [3.05, 3.63) is 99.6 Å². The molecule has 34 heavy (non-hydrogen) atoms. The van der Waals surface area contributed by atoms with Gasteiger partial charge in [-0.05, 0) is 90.3 Å². The summed E-state index contributed by atoms with van der Waals surface area (Å²) in [5, 5.41) is 0. The maximum Gasteiger partial charge on any atom is 0.573 e. The molecule has 0 saturated heterocycles. The van der Waals surface area contributed by atoms with Gasteiger partial charge in [-0.25, -0.2) is 8.78 Å². The molecule has 0 N–H and O–H groups in total. The molecule has 1 unspecified atom stereocenters. The number of hydrogen-bond donors (Lipinski definition) is 0. The zero-order valence-corrected chi connectivity index (χ0v) is 18.6. The largest absolute Gasteiger partial charge is 0.573 e. The number of rotatable bonds is 4. The van der Waals surface area contributed by atoms with Gasteiger partial charge in [-0.15, -0.1) is 13.2 Å². The van der Waals surface area contributed by atoms with Crippen LogP contribution in [0.15, 0.2) is 54.6 Å². The van der Waals surface area contributed by atoms with E-state index >= 15 is 4.39 Å². The lowest BCUT2D eigenvalue weighted by Crippen LogP contribution is -2.16. The van der Waals surface area contributed by atoms with Crippen LogP contribution in [0.4, 0.5) is 22.0 Å². The Kier molecular flexibility index (Phi) is 6.92. The van der Waals surface area contributed by atoms with Crippen LogP contribution in [0.25, 0.3) is 0 Å². The smallest absolute Gasteiger partial charge is 0.406 e. The third-order valence-corrected chi connectivity index (χ3v) is 6.02. The summed E-state index contributed by atoms with van der Waals surface area (Å²) in [6.45, 7) is 2.06. The predicted octanol–water partition coefficient (Wildman–Crippen LogP) is 7.49. The molecule has 0 fully saturated rings. The molecular weight excluding hydrogens is 447 g/mol. The van der Waals surface area contributed by atoms with E-state index in [1.54, 1.807) is 12.1 Å². The third kappa shape index (κ3) is 5.59. The number of benzene rings is 3. The fourth-order valence-corrected chi connectivity index (χ4v) is 4.40. The van der Waals surface area contributed by atoms with E-state index in [1.807, 2.05) is 18.2 Å². The standard InChI is InChI=1S/C28H23F5O/c1-2-3-19-7-14-24(26(29)16-19)21-11-15-25-22(17-21)10-9-20(27(25)30)8-4-18-5-12-23(13-6-18)34-28(31,32)33/h5-7,9-10,12-14,16,21H,2-3,11,15,17H2,1H3. The molecule has 1 nitrogen and oxygen atoms in total. The van der Waals surface area contributed by atoms with Crippen LogP contribution in [0.2, 0.25) is 0 Å². The van der Waals surface area contributed by atoms with Crippen molar-refractivity contribution in [2.24, 2.45) is 0 Å². The predicted molar refractivity (Wildman–Crippen MR) is 121 cm³/mol. The number of ether oxygens (including phenoxy) is 1. The van der Waals surface area contributed by atoms with E-state index in [1.165, 1.54) is 12.1 Å². The van der Waals surface area contributed by atoms with E-state index in [9.17, 15) is 17.6 Å². The molecule has 0 bridgehead atoms. The summed E-state index contributed by atoms with van der Waals surface area (Å²) in [6.07, 6.45) is -1.27. The summed E-state index contributed by atoms with van der Waals surface area (Å²) in [4.78, 5) is 0. The molecule has 3 aromatic carbocycles.